The number of thioether (sulfide) groups is 1. The van der Waals surface area contributed by atoms with Crippen LogP contribution in [0.1, 0.15) is 17.3 Å². The summed E-state index contributed by atoms with van der Waals surface area (Å²) >= 11 is 7.99. The highest BCUT2D eigenvalue weighted by atomic mass is 35.5. The van der Waals surface area contributed by atoms with Crippen molar-refractivity contribution in [2.24, 2.45) is 0 Å². The summed E-state index contributed by atoms with van der Waals surface area (Å²) < 4.78 is 7.20. The Bertz CT molecular complexity index is 727. The third kappa shape index (κ3) is 7.51. The zero-order valence-electron chi connectivity index (χ0n) is 14.2. The fraction of sp³-hybridized carbons (Fsp3) is 0.176. The van der Waals surface area contributed by atoms with E-state index in [9.17, 15) is 9.59 Å². The van der Waals surface area contributed by atoms with Crippen LogP contribution in [0.25, 0.3) is 0 Å². The molecule has 26 heavy (non-hydrogen) atoms. The van der Waals surface area contributed by atoms with Gasteiger partial charge in [-0.1, -0.05) is 23.4 Å². The third-order valence-corrected chi connectivity index (χ3v) is 4.77. The topological polar surface area (TPSA) is 58.6 Å². The minimum atomic E-state index is -0.0792. The molecule has 0 aromatic heterocycles. The Morgan fingerprint density at radius 3 is 2.31 bits per heavy atom. The summed E-state index contributed by atoms with van der Waals surface area (Å²) in [6, 6.07) is 14.3. The van der Waals surface area contributed by atoms with Gasteiger partial charge in [-0.2, -0.15) is 17.8 Å². The monoisotopic (exact) mass is 430 g/mol. The summed E-state index contributed by atoms with van der Waals surface area (Å²) in [5.41, 5.74) is 5.02. The molecule has 0 saturated carbocycles. The molecular weight excluding hydrogens is 412 g/mol. The second-order valence-corrected chi connectivity index (χ2v) is 7.47. The molecule has 140 valence electrons. The number of carbonyl (C=O) groups is 2. The Morgan fingerprint density at radius 2 is 1.73 bits per heavy atom. The normalized spacial score (nSPS) is 9.96. The highest BCUT2D eigenvalue weighted by Gasteiger charge is 2.08. The van der Waals surface area contributed by atoms with Gasteiger partial charge in [0.25, 0.3) is 0 Å². The van der Waals surface area contributed by atoms with E-state index in [0.29, 0.717) is 16.3 Å². The maximum atomic E-state index is 11.9. The fourth-order valence-electron chi connectivity index (χ4n) is 1.79. The number of nitrogens with zero attached hydrogens (tertiary/aromatic N) is 1. The van der Waals surface area contributed by atoms with Crippen LogP contribution in [0.15, 0.2) is 48.5 Å². The van der Waals surface area contributed by atoms with Crippen molar-refractivity contribution >= 4 is 71.4 Å². The van der Waals surface area contributed by atoms with E-state index in [1.807, 2.05) is 35.6 Å². The number of ketones is 1. The Balaban J connectivity index is 0.00000338. The SMILES string of the molecule is CC(=O)SCC(=O)c1ccc(NOSN(C)c2ccc(Cl)cc2)cc1.S. The maximum Gasteiger partial charge on any atom is 0.186 e. The highest BCUT2D eigenvalue weighted by Crippen LogP contribution is 2.23. The van der Waals surface area contributed by atoms with Gasteiger partial charge in [0.1, 0.15) is 12.2 Å². The fourth-order valence-corrected chi connectivity index (χ4v) is 2.87. The van der Waals surface area contributed by atoms with E-state index < -0.39 is 0 Å². The quantitative estimate of drug-likeness (QED) is 0.275. The average molecular weight is 431 g/mol. The largest absolute Gasteiger partial charge is 0.294 e. The Labute approximate surface area is 173 Å². The molecule has 0 aliphatic heterocycles. The van der Waals surface area contributed by atoms with Crippen LogP contribution in [0.4, 0.5) is 11.4 Å². The van der Waals surface area contributed by atoms with Crippen LogP contribution < -0.4 is 9.79 Å². The van der Waals surface area contributed by atoms with E-state index in [0.717, 1.165) is 29.7 Å². The molecule has 0 aliphatic carbocycles. The molecule has 0 saturated heterocycles. The number of rotatable bonds is 8. The molecule has 0 amide bonds. The van der Waals surface area contributed by atoms with Crippen molar-refractivity contribution in [3.05, 3.63) is 59.1 Å². The second kappa shape index (κ2) is 11.4. The summed E-state index contributed by atoms with van der Waals surface area (Å²) in [7, 11) is 1.87. The Kier molecular flexibility index (Phi) is 9.97. The van der Waals surface area contributed by atoms with E-state index in [-0.39, 0.29) is 30.1 Å². The molecule has 0 atom stereocenters. The molecule has 5 nitrogen and oxygen atoms in total. The van der Waals surface area contributed by atoms with E-state index in [1.54, 1.807) is 24.3 Å². The predicted octanol–water partition coefficient (Wildman–Crippen LogP) is 4.96. The van der Waals surface area contributed by atoms with Gasteiger partial charge in [0.15, 0.2) is 10.9 Å². The van der Waals surface area contributed by atoms with Gasteiger partial charge >= 0.3 is 0 Å². The minimum Gasteiger partial charge on any atom is -0.294 e. The first-order valence-electron chi connectivity index (χ1n) is 7.31. The van der Waals surface area contributed by atoms with Gasteiger partial charge in [0.2, 0.25) is 0 Å². The Hall–Kier alpha value is -1.32. The number of Topliss-reactive ketones (excluding diaryl/α,β-unsaturated/α-hetero) is 1. The molecule has 0 unspecified atom stereocenters. The number of benzene rings is 2. The van der Waals surface area contributed by atoms with Crippen molar-refractivity contribution in [1.82, 2.24) is 0 Å². The summed E-state index contributed by atoms with van der Waals surface area (Å²) in [6.07, 6.45) is 0. The van der Waals surface area contributed by atoms with Crippen molar-refractivity contribution in [3.63, 3.8) is 0 Å². The molecule has 0 bridgehead atoms. The molecule has 9 heteroatoms. The lowest BCUT2D eigenvalue weighted by Crippen LogP contribution is -2.09. The summed E-state index contributed by atoms with van der Waals surface area (Å²) in [4.78, 5) is 22.8. The van der Waals surface area contributed by atoms with Gasteiger partial charge in [0, 0.05) is 30.2 Å². The van der Waals surface area contributed by atoms with Crippen LogP contribution >= 0.6 is 49.1 Å². The molecule has 0 spiro atoms. The number of nitrogens with one attached hydrogen (secondary N) is 1. The first kappa shape index (κ1) is 22.7. The predicted molar refractivity (Wildman–Crippen MR) is 116 cm³/mol. The first-order chi connectivity index (χ1) is 12.0. The minimum absolute atomic E-state index is 0. The van der Waals surface area contributed by atoms with Gasteiger partial charge in [0.05, 0.1) is 11.4 Å². The van der Waals surface area contributed by atoms with E-state index in [1.165, 1.54) is 6.92 Å². The van der Waals surface area contributed by atoms with Gasteiger partial charge in [-0.3, -0.25) is 19.4 Å². The van der Waals surface area contributed by atoms with E-state index in [4.69, 9.17) is 15.9 Å². The van der Waals surface area contributed by atoms with Crippen LogP contribution in [0, 0.1) is 0 Å². The smallest absolute Gasteiger partial charge is 0.186 e. The molecule has 1 N–H and O–H groups in total. The van der Waals surface area contributed by atoms with Gasteiger partial charge in [-0.15, -0.1) is 0 Å². The Morgan fingerprint density at radius 1 is 1.12 bits per heavy atom. The molecule has 2 aromatic carbocycles. The second-order valence-electron chi connectivity index (χ2n) is 5.01. The lowest BCUT2D eigenvalue weighted by molar-refractivity contribution is -0.109. The number of anilines is 2. The van der Waals surface area contributed by atoms with Crippen LogP contribution in [-0.4, -0.2) is 23.7 Å². The van der Waals surface area contributed by atoms with Gasteiger partial charge in [-0.25, -0.2) is 0 Å². The first-order valence-corrected chi connectivity index (χ1v) is 9.37. The molecule has 0 aliphatic rings. The van der Waals surface area contributed by atoms with Crippen LogP contribution in [0.3, 0.4) is 0 Å². The lowest BCUT2D eigenvalue weighted by Gasteiger charge is -2.16. The molecule has 2 rings (SSSR count). The highest BCUT2D eigenvalue weighted by molar-refractivity contribution is 8.14. The number of hydrogen-bond donors (Lipinski definition) is 1. The molecule has 0 heterocycles. The van der Waals surface area contributed by atoms with Gasteiger partial charge in [-0.05, 0) is 48.5 Å². The van der Waals surface area contributed by atoms with Crippen molar-refractivity contribution in [2.45, 2.75) is 6.92 Å². The number of halogens is 1. The van der Waals surface area contributed by atoms with Crippen LogP contribution in [-0.2, 0) is 9.08 Å². The average Bonchev–Trinajstić information content (AvgIpc) is 2.60. The van der Waals surface area contributed by atoms with E-state index in [2.05, 4.69) is 5.48 Å². The van der Waals surface area contributed by atoms with E-state index >= 15 is 0 Å². The zero-order valence-corrected chi connectivity index (χ0v) is 17.6. The van der Waals surface area contributed by atoms with Gasteiger partial charge < -0.3 is 0 Å². The van der Waals surface area contributed by atoms with Crippen molar-refractivity contribution in [1.29, 1.82) is 0 Å². The standard InChI is InChI=1S/C17H17ClN2O3S2.H2S/c1-12(21)24-11-17(22)13-3-7-15(8-4-13)19-23-25-20(2)16-9-5-14(18)6-10-16;/h3-10,19H,11H2,1-2H3;1H2. The zero-order chi connectivity index (χ0) is 18.2. The number of hydrogen-bond acceptors (Lipinski definition) is 7. The number of carbonyl (C=O) groups excluding carboxylic acids is 2. The summed E-state index contributed by atoms with van der Waals surface area (Å²) in [6.45, 7) is 1.45. The molecular formula is C17H19ClN2O3S3. The molecule has 2 aromatic rings. The van der Waals surface area contributed by atoms with Crippen molar-refractivity contribution in [2.75, 3.05) is 22.6 Å². The summed E-state index contributed by atoms with van der Waals surface area (Å²) in [5.74, 6) is 0.0740. The van der Waals surface area contributed by atoms with Crippen molar-refractivity contribution in [3.8, 4) is 0 Å². The molecule has 0 fully saturated rings. The summed E-state index contributed by atoms with van der Waals surface area (Å²) in [5, 5.41) is 0.611. The molecule has 0 radical (unpaired) electrons. The van der Waals surface area contributed by atoms with Crippen LogP contribution in [0.2, 0.25) is 5.02 Å². The van der Waals surface area contributed by atoms with Crippen molar-refractivity contribution < 1.29 is 13.9 Å². The van der Waals surface area contributed by atoms with Crippen LogP contribution in [0.5, 0.6) is 0 Å². The third-order valence-electron chi connectivity index (χ3n) is 3.11. The lowest BCUT2D eigenvalue weighted by atomic mass is 10.1. The maximum absolute atomic E-state index is 11.9.